The quantitative estimate of drug-likeness (QED) is 0.699. The molecule has 0 aliphatic heterocycles. The molecule has 3 aromatic heterocycles. The molecule has 4 rings (SSSR count). The zero-order valence-corrected chi connectivity index (χ0v) is 14.4. The standard InChI is InChI=1S/C18H17F3N6/c1-22-10-17(5-2-13(3-6-17)18(19,20)21)27-9-12(8-26-27)15-14-4-7-23-16(14)25-11-24-15/h4,7-9,11,13H,2-3,5-6,10H2,(H,23,24,25). The third kappa shape index (κ3) is 3.05. The van der Waals surface area contributed by atoms with Gasteiger partial charge in [0.05, 0.1) is 17.8 Å². The molecule has 0 saturated heterocycles. The third-order valence-electron chi connectivity index (χ3n) is 5.45. The van der Waals surface area contributed by atoms with Gasteiger partial charge in [-0.1, -0.05) is 0 Å². The van der Waals surface area contributed by atoms with Crippen molar-refractivity contribution in [3.8, 4) is 11.3 Å². The zero-order chi connectivity index (χ0) is 19.1. The molecule has 1 saturated carbocycles. The fourth-order valence-electron chi connectivity index (χ4n) is 3.90. The second kappa shape index (κ2) is 6.37. The molecule has 3 aromatic rings. The average molecular weight is 374 g/mol. The molecule has 1 aliphatic rings. The number of H-pyrrole nitrogens is 1. The lowest BCUT2D eigenvalue weighted by Gasteiger charge is -2.37. The summed E-state index contributed by atoms with van der Waals surface area (Å²) in [5.41, 5.74) is 1.46. The number of hydrogen-bond acceptors (Lipinski definition) is 3. The van der Waals surface area contributed by atoms with E-state index < -0.39 is 17.6 Å². The van der Waals surface area contributed by atoms with Crippen LogP contribution in [0, 0.1) is 12.5 Å². The molecule has 140 valence electrons. The maximum Gasteiger partial charge on any atom is 0.391 e. The highest BCUT2D eigenvalue weighted by atomic mass is 19.4. The molecule has 6 nitrogen and oxygen atoms in total. The van der Waals surface area contributed by atoms with Crippen LogP contribution < -0.4 is 0 Å². The van der Waals surface area contributed by atoms with Crippen LogP contribution in [-0.4, -0.2) is 37.5 Å². The number of nitrogens with one attached hydrogen (secondary N) is 1. The summed E-state index contributed by atoms with van der Waals surface area (Å²) in [7, 11) is 0. The lowest BCUT2D eigenvalue weighted by atomic mass is 9.76. The van der Waals surface area contributed by atoms with Gasteiger partial charge in [0.15, 0.2) is 0 Å². The summed E-state index contributed by atoms with van der Waals surface area (Å²) in [4.78, 5) is 15.0. The second-order valence-corrected chi connectivity index (χ2v) is 6.99. The Morgan fingerprint density at radius 2 is 2.07 bits per heavy atom. The van der Waals surface area contributed by atoms with Crippen molar-refractivity contribution in [1.82, 2.24) is 24.7 Å². The van der Waals surface area contributed by atoms with Crippen molar-refractivity contribution in [1.29, 1.82) is 0 Å². The second-order valence-electron chi connectivity index (χ2n) is 6.99. The molecule has 0 radical (unpaired) electrons. The molecule has 0 aromatic carbocycles. The van der Waals surface area contributed by atoms with Gasteiger partial charge in [-0.25, -0.2) is 16.5 Å². The van der Waals surface area contributed by atoms with Gasteiger partial charge in [-0.2, -0.15) is 18.3 Å². The molecule has 9 heteroatoms. The Morgan fingerprint density at radius 3 is 2.78 bits per heavy atom. The Hall–Kier alpha value is -2.89. The minimum Gasteiger partial charge on any atom is -0.346 e. The summed E-state index contributed by atoms with van der Waals surface area (Å²) in [6.07, 6.45) is 3.08. The average Bonchev–Trinajstić information content (AvgIpc) is 3.31. The van der Waals surface area contributed by atoms with E-state index in [1.807, 2.05) is 6.07 Å². The van der Waals surface area contributed by atoms with E-state index >= 15 is 0 Å². The van der Waals surface area contributed by atoms with E-state index in [9.17, 15) is 13.2 Å². The Morgan fingerprint density at radius 1 is 1.30 bits per heavy atom. The van der Waals surface area contributed by atoms with Crippen molar-refractivity contribution in [3.05, 3.63) is 42.4 Å². The molecular formula is C18H17F3N6. The molecule has 1 N–H and O–H groups in total. The molecule has 0 atom stereocenters. The summed E-state index contributed by atoms with van der Waals surface area (Å²) in [6, 6.07) is 1.87. The van der Waals surface area contributed by atoms with Crippen molar-refractivity contribution in [2.45, 2.75) is 37.4 Å². The molecule has 0 unspecified atom stereocenters. The van der Waals surface area contributed by atoms with Crippen molar-refractivity contribution in [2.75, 3.05) is 6.54 Å². The first-order valence-corrected chi connectivity index (χ1v) is 8.66. The number of nitrogens with zero attached hydrogens (tertiary/aromatic N) is 5. The van der Waals surface area contributed by atoms with Crippen molar-refractivity contribution < 1.29 is 13.2 Å². The number of hydrogen-bond donors (Lipinski definition) is 1. The van der Waals surface area contributed by atoms with E-state index in [1.165, 1.54) is 6.33 Å². The molecule has 1 fully saturated rings. The van der Waals surface area contributed by atoms with Gasteiger partial charge < -0.3 is 9.83 Å². The van der Waals surface area contributed by atoms with Gasteiger partial charge in [-0.15, -0.1) is 0 Å². The van der Waals surface area contributed by atoms with Crippen molar-refractivity contribution in [3.63, 3.8) is 0 Å². The third-order valence-corrected chi connectivity index (χ3v) is 5.45. The monoisotopic (exact) mass is 374 g/mol. The van der Waals surface area contributed by atoms with E-state index in [0.29, 0.717) is 11.3 Å². The number of aromatic nitrogens is 5. The van der Waals surface area contributed by atoms with Crippen molar-refractivity contribution >= 4 is 11.0 Å². The molecule has 0 amide bonds. The van der Waals surface area contributed by atoms with Crippen molar-refractivity contribution in [2.24, 2.45) is 5.92 Å². The molecule has 1 aliphatic carbocycles. The Balaban J connectivity index is 1.66. The Labute approximate surface area is 153 Å². The minimum absolute atomic E-state index is 0.0176. The number of fused-ring (bicyclic) bond motifs is 1. The lowest BCUT2D eigenvalue weighted by molar-refractivity contribution is -0.186. The molecule has 3 heterocycles. The fraction of sp³-hybridized carbons (Fsp3) is 0.444. The SMILES string of the molecule is [C-]#[N+]CC1(n2cc(-c3ncnc4[nH]ccc34)cn2)CCC(C(F)(F)F)CC1. The van der Waals surface area contributed by atoms with Crippen LogP contribution in [0.15, 0.2) is 31.0 Å². The number of aromatic amines is 1. The van der Waals surface area contributed by atoms with Crippen LogP contribution >= 0.6 is 0 Å². The van der Waals surface area contributed by atoms with Crippen LogP contribution in [0.5, 0.6) is 0 Å². The number of alkyl halides is 3. The van der Waals surface area contributed by atoms with Gasteiger partial charge in [0.1, 0.15) is 17.5 Å². The summed E-state index contributed by atoms with van der Waals surface area (Å²) < 4.78 is 40.7. The molecule has 27 heavy (non-hydrogen) atoms. The maximum atomic E-state index is 13.0. The normalized spacial score (nSPS) is 23.4. The van der Waals surface area contributed by atoms with Crippen LogP contribution in [0.3, 0.4) is 0 Å². The van der Waals surface area contributed by atoms with Gasteiger partial charge in [-0.05, 0) is 31.7 Å². The van der Waals surface area contributed by atoms with E-state index in [2.05, 4.69) is 24.9 Å². The molecule has 0 spiro atoms. The first-order valence-electron chi connectivity index (χ1n) is 8.66. The highest BCUT2D eigenvalue weighted by Crippen LogP contribution is 2.44. The lowest BCUT2D eigenvalue weighted by Crippen LogP contribution is -2.43. The van der Waals surface area contributed by atoms with Gasteiger partial charge >= 0.3 is 6.18 Å². The summed E-state index contributed by atoms with van der Waals surface area (Å²) in [6.45, 7) is 7.39. The van der Waals surface area contributed by atoms with Crippen LogP contribution in [0.2, 0.25) is 0 Å². The van der Waals surface area contributed by atoms with E-state index in [4.69, 9.17) is 6.57 Å². The van der Waals surface area contributed by atoms with Gasteiger partial charge in [0, 0.05) is 23.3 Å². The maximum absolute atomic E-state index is 13.0. The summed E-state index contributed by atoms with van der Waals surface area (Å²) >= 11 is 0. The summed E-state index contributed by atoms with van der Waals surface area (Å²) in [5.74, 6) is -1.30. The summed E-state index contributed by atoms with van der Waals surface area (Å²) in [5, 5.41) is 5.25. The highest BCUT2D eigenvalue weighted by molar-refractivity contribution is 5.89. The molecular weight excluding hydrogens is 357 g/mol. The number of halogens is 3. The van der Waals surface area contributed by atoms with Crippen LogP contribution in [0.1, 0.15) is 25.7 Å². The van der Waals surface area contributed by atoms with E-state index in [-0.39, 0.29) is 32.2 Å². The topological polar surface area (TPSA) is 63.8 Å². The van der Waals surface area contributed by atoms with Crippen LogP contribution in [0.4, 0.5) is 13.2 Å². The van der Waals surface area contributed by atoms with Gasteiger partial charge in [0.2, 0.25) is 6.54 Å². The largest absolute Gasteiger partial charge is 0.391 e. The van der Waals surface area contributed by atoms with E-state index in [0.717, 1.165) is 10.9 Å². The minimum atomic E-state index is -4.18. The van der Waals surface area contributed by atoms with Crippen LogP contribution in [0.25, 0.3) is 27.1 Å². The van der Waals surface area contributed by atoms with Gasteiger partial charge in [0.25, 0.3) is 0 Å². The Bertz CT molecular complexity index is 988. The predicted molar refractivity (Wildman–Crippen MR) is 92.6 cm³/mol. The smallest absolute Gasteiger partial charge is 0.346 e. The van der Waals surface area contributed by atoms with Gasteiger partial charge in [-0.3, -0.25) is 4.68 Å². The highest BCUT2D eigenvalue weighted by Gasteiger charge is 2.48. The predicted octanol–water partition coefficient (Wildman–Crippen LogP) is 4.19. The fourth-order valence-corrected chi connectivity index (χ4v) is 3.90. The Kier molecular flexibility index (Phi) is 4.13. The first-order chi connectivity index (χ1) is 12.9. The van der Waals surface area contributed by atoms with Crippen LogP contribution in [-0.2, 0) is 5.54 Å². The number of rotatable bonds is 3. The first kappa shape index (κ1) is 17.5. The molecule has 0 bridgehead atoms. The van der Waals surface area contributed by atoms with E-state index in [1.54, 1.807) is 23.3 Å². The zero-order valence-electron chi connectivity index (χ0n) is 14.4.